The monoisotopic (exact) mass is 283 g/mol. The first-order valence-electron chi connectivity index (χ1n) is 6.56. The predicted octanol–water partition coefficient (Wildman–Crippen LogP) is 2.83. The van der Waals surface area contributed by atoms with Gasteiger partial charge in [-0.25, -0.2) is 0 Å². The van der Waals surface area contributed by atoms with Crippen LogP contribution in [0.5, 0.6) is 0 Å². The summed E-state index contributed by atoms with van der Waals surface area (Å²) in [6, 6.07) is -0.104. The summed E-state index contributed by atoms with van der Waals surface area (Å²) < 4.78 is 40.6. The number of hydrogen-bond acceptors (Lipinski definition) is 3. The molecule has 0 heterocycles. The number of rotatable bonds is 5. The maximum atomic E-state index is 12.2. The van der Waals surface area contributed by atoms with Gasteiger partial charge in [0.15, 0.2) is 0 Å². The molecule has 6 heteroatoms. The molecule has 0 amide bonds. The van der Waals surface area contributed by atoms with Gasteiger partial charge < -0.3 is 10.4 Å². The highest BCUT2D eigenvalue weighted by Gasteiger charge is 2.49. The number of alkyl halides is 3. The molecular formula is C13H24F3NO2. The van der Waals surface area contributed by atoms with Crippen LogP contribution in [0.15, 0.2) is 0 Å². The quantitative estimate of drug-likeness (QED) is 0.815. The molecule has 0 aromatic rings. The van der Waals surface area contributed by atoms with E-state index < -0.39 is 12.0 Å². The van der Waals surface area contributed by atoms with E-state index >= 15 is 0 Å². The molecule has 1 rings (SSSR count). The molecule has 114 valence electrons. The van der Waals surface area contributed by atoms with Crippen LogP contribution in [0.25, 0.3) is 0 Å². The summed E-state index contributed by atoms with van der Waals surface area (Å²) in [7, 11) is 0. The van der Waals surface area contributed by atoms with Gasteiger partial charge in [-0.05, 0) is 31.6 Å². The van der Waals surface area contributed by atoms with Crippen molar-refractivity contribution in [1.82, 2.24) is 5.32 Å². The third-order valence-corrected chi connectivity index (χ3v) is 3.27. The van der Waals surface area contributed by atoms with Gasteiger partial charge in [0.2, 0.25) is 0 Å². The molecule has 0 radical (unpaired) electrons. The molecule has 1 atom stereocenters. The van der Waals surface area contributed by atoms with Crippen LogP contribution in [0.4, 0.5) is 13.2 Å². The number of halogens is 3. The van der Waals surface area contributed by atoms with Crippen molar-refractivity contribution in [2.75, 3.05) is 6.61 Å². The molecule has 0 aromatic carbocycles. The van der Waals surface area contributed by atoms with Crippen LogP contribution in [0.1, 0.15) is 47.0 Å². The zero-order chi connectivity index (χ0) is 14.9. The predicted molar refractivity (Wildman–Crippen MR) is 66.6 cm³/mol. The second kappa shape index (κ2) is 5.58. The Hall–Kier alpha value is -0.330. The molecule has 0 bridgehead atoms. The van der Waals surface area contributed by atoms with Crippen molar-refractivity contribution in [3.8, 4) is 0 Å². The van der Waals surface area contributed by atoms with Crippen LogP contribution < -0.4 is 5.32 Å². The van der Waals surface area contributed by atoms with Gasteiger partial charge in [-0.1, -0.05) is 20.8 Å². The molecule has 0 aliphatic heterocycles. The van der Waals surface area contributed by atoms with Crippen molar-refractivity contribution >= 4 is 0 Å². The molecule has 2 N–H and O–H groups in total. The molecule has 0 saturated heterocycles. The van der Waals surface area contributed by atoms with Crippen LogP contribution in [0.2, 0.25) is 0 Å². The van der Waals surface area contributed by atoms with Crippen molar-refractivity contribution in [2.45, 2.75) is 71.0 Å². The molecule has 0 spiro atoms. The molecule has 0 aromatic heterocycles. The van der Waals surface area contributed by atoms with Crippen LogP contribution in [0, 0.1) is 5.41 Å². The van der Waals surface area contributed by atoms with Gasteiger partial charge in [-0.15, -0.1) is 13.2 Å². The highest BCUT2D eigenvalue weighted by molar-refractivity contribution is 4.98. The van der Waals surface area contributed by atoms with Gasteiger partial charge >= 0.3 is 6.36 Å². The summed E-state index contributed by atoms with van der Waals surface area (Å²) in [6.45, 7) is 7.65. The lowest BCUT2D eigenvalue weighted by atomic mass is 9.76. The normalized spacial score (nSPS) is 30.0. The van der Waals surface area contributed by atoms with Crippen molar-refractivity contribution in [2.24, 2.45) is 5.41 Å². The average Bonchev–Trinajstić information content (AvgIpc) is 2.08. The van der Waals surface area contributed by atoms with Gasteiger partial charge in [0.25, 0.3) is 0 Å². The van der Waals surface area contributed by atoms with Crippen molar-refractivity contribution in [3.63, 3.8) is 0 Å². The second-order valence-corrected chi connectivity index (χ2v) is 6.91. The molecule has 1 unspecified atom stereocenters. The second-order valence-electron chi connectivity index (χ2n) is 6.91. The topological polar surface area (TPSA) is 41.5 Å². The van der Waals surface area contributed by atoms with Crippen molar-refractivity contribution in [1.29, 1.82) is 0 Å². The van der Waals surface area contributed by atoms with E-state index in [-0.39, 0.29) is 24.1 Å². The summed E-state index contributed by atoms with van der Waals surface area (Å²) >= 11 is 0. The zero-order valence-electron chi connectivity index (χ0n) is 12.0. The molecule has 19 heavy (non-hydrogen) atoms. The lowest BCUT2D eigenvalue weighted by Crippen LogP contribution is -2.58. The summed E-state index contributed by atoms with van der Waals surface area (Å²) in [5, 5.41) is 12.5. The Balaban J connectivity index is 2.38. The number of ether oxygens (including phenoxy) is 1. The summed E-state index contributed by atoms with van der Waals surface area (Å²) in [6.07, 6.45) is -3.18. The summed E-state index contributed by atoms with van der Waals surface area (Å²) in [5.74, 6) is 0. The summed E-state index contributed by atoms with van der Waals surface area (Å²) in [4.78, 5) is 0. The Morgan fingerprint density at radius 1 is 1.32 bits per heavy atom. The fourth-order valence-corrected chi connectivity index (χ4v) is 2.71. The van der Waals surface area contributed by atoms with Crippen molar-refractivity contribution < 1.29 is 23.0 Å². The minimum absolute atomic E-state index is 0.00931. The van der Waals surface area contributed by atoms with E-state index in [1.54, 1.807) is 0 Å². The van der Waals surface area contributed by atoms with Gasteiger partial charge in [-0.2, -0.15) is 0 Å². The maximum Gasteiger partial charge on any atom is 0.523 e. The van der Waals surface area contributed by atoms with E-state index in [0.29, 0.717) is 12.8 Å². The fourth-order valence-electron chi connectivity index (χ4n) is 2.71. The molecule has 1 fully saturated rings. The van der Waals surface area contributed by atoms with Gasteiger partial charge in [0, 0.05) is 12.1 Å². The molecule has 1 aliphatic rings. The molecular weight excluding hydrogens is 259 g/mol. The van der Waals surface area contributed by atoms with Crippen LogP contribution in [-0.2, 0) is 4.74 Å². The Bertz CT molecular complexity index is 293. The lowest BCUT2D eigenvalue weighted by molar-refractivity contribution is -0.377. The third kappa shape index (κ3) is 6.10. The Morgan fingerprint density at radius 2 is 1.84 bits per heavy atom. The van der Waals surface area contributed by atoms with Gasteiger partial charge in [-0.3, -0.25) is 4.74 Å². The Labute approximate surface area is 112 Å². The van der Waals surface area contributed by atoms with Crippen LogP contribution in [0.3, 0.4) is 0 Å². The minimum atomic E-state index is -4.58. The standard InChI is InChI=1S/C13H24F3NO2/c1-11(2,3)5-10(8-18)17-9-6-12(4,7-9)19-13(14,15)16/h9-10,17-18H,5-8H2,1-4H3. The Morgan fingerprint density at radius 3 is 2.21 bits per heavy atom. The smallest absolute Gasteiger partial charge is 0.395 e. The van der Waals surface area contributed by atoms with Crippen molar-refractivity contribution in [3.05, 3.63) is 0 Å². The highest BCUT2D eigenvalue weighted by atomic mass is 19.4. The molecule has 3 nitrogen and oxygen atoms in total. The molecule has 1 aliphatic carbocycles. The number of aliphatic hydroxyl groups excluding tert-OH is 1. The van der Waals surface area contributed by atoms with E-state index in [1.165, 1.54) is 6.92 Å². The van der Waals surface area contributed by atoms with E-state index in [0.717, 1.165) is 6.42 Å². The number of hydrogen-bond donors (Lipinski definition) is 2. The first-order chi connectivity index (χ1) is 8.42. The fraction of sp³-hybridized carbons (Fsp3) is 1.00. The minimum Gasteiger partial charge on any atom is -0.395 e. The maximum absolute atomic E-state index is 12.2. The third-order valence-electron chi connectivity index (χ3n) is 3.27. The highest BCUT2D eigenvalue weighted by Crippen LogP contribution is 2.40. The van der Waals surface area contributed by atoms with Gasteiger partial charge in [0.1, 0.15) is 0 Å². The van der Waals surface area contributed by atoms with Crippen LogP contribution >= 0.6 is 0 Å². The average molecular weight is 283 g/mol. The largest absolute Gasteiger partial charge is 0.523 e. The molecule has 1 saturated carbocycles. The number of aliphatic hydroxyl groups is 1. The lowest BCUT2D eigenvalue weighted by Gasteiger charge is -2.46. The first kappa shape index (κ1) is 16.7. The van der Waals surface area contributed by atoms with E-state index in [9.17, 15) is 18.3 Å². The Kier molecular flexibility index (Phi) is 4.91. The first-order valence-corrected chi connectivity index (χ1v) is 6.56. The summed E-state index contributed by atoms with van der Waals surface area (Å²) in [5.41, 5.74) is -1.06. The SMILES string of the molecule is CC(C)(C)CC(CO)NC1CC(C)(OC(F)(F)F)C1. The van der Waals surface area contributed by atoms with Crippen LogP contribution in [-0.4, -0.2) is 35.8 Å². The zero-order valence-corrected chi connectivity index (χ0v) is 12.0. The number of nitrogens with one attached hydrogen (secondary N) is 1. The van der Waals surface area contributed by atoms with Gasteiger partial charge in [0.05, 0.1) is 12.2 Å². The van der Waals surface area contributed by atoms with E-state index in [4.69, 9.17) is 0 Å². The van der Waals surface area contributed by atoms with E-state index in [2.05, 4.69) is 30.8 Å². The van der Waals surface area contributed by atoms with E-state index in [1.807, 2.05) is 0 Å².